The van der Waals surface area contributed by atoms with Crippen molar-refractivity contribution in [3.63, 3.8) is 0 Å². The number of nitrogens with zero attached hydrogens (tertiary/aromatic N) is 1. The molecule has 2 aliphatic rings. The Morgan fingerprint density at radius 1 is 1.29 bits per heavy atom. The summed E-state index contributed by atoms with van der Waals surface area (Å²) in [7, 11) is 1.95. The first-order valence-electron chi connectivity index (χ1n) is 7.78. The molecule has 1 amide bonds. The summed E-state index contributed by atoms with van der Waals surface area (Å²) in [5.41, 5.74) is 1.15. The van der Waals surface area contributed by atoms with Crippen LogP contribution in [0.2, 0.25) is 0 Å². The maximum atomic E-state index is 12.8. The van der Waals surface area contributed by atoms with E-state index in [0.29, 0.717) is 17.5 Å². The number of rotatable bonds is 2. The standard InChI is InChI=1S/C17H22BrNO2/c1-19(15-8-4-3-7-14(15)18)17(20)13-10-12-6-2-5-9-16(12)21-11-13/h2,5-6,9,13-15H,3-4,7-8,10-11H2,1H3. The van der Waals surface area contributed by atoms with Crippen molar-refractivity contribution in [3.8, 4) is 5.75 Å². The molecule has 0 saturated heterocycles. The molecule has 1 aromatic rings. The van der Waals surface area contributed by atoms with Crippen LogP contribution in [-0.4, -0.2) is 35.3 Å². The minimum atomic E-state index is -0.0495. The highest BCUT2D eigenvalue weighted by atomic mass is 79.9. The van der Waals surface area contributed by atoms with E-state index >= 15 is 0 Å². The Kier molecular flexibility index (Phi) is 4.53. The van der Waals surface area contributed by atoms with Gasteiger partial charge in [0.05, 0.1) is 5.92 Å². The fraction of sp³-hybridized carbons (Fsp3) is 0.588. The van der Waals surface area contributed by atoms with Crippen molar-refractivity contribution in [1.29, 1.82) is 0 Å². The van der Waals surface area contributed by atoms with Gasteiger partial charge in [-0.05, 0) is 30.9 Å². The molecular weight excluding hydrogens is 330 g/mol. The third kappa shape index (κ3) is 3.10. The highest BCUT2D eigenvalue weighted by Crippen LogP contribution is 2.31. The van der Waals surface area contributed by atoms with Crippen molar-refractivity contribution in [2.45, 2.75) is 43.0 Å². The number of halogens is 1. The lowest BCUT2D eigenvalue weighted by molar-refractivity contribution is -0.138. The number of carbonyl (C=O) groups is 1. The van der Waals surface area contributed by atoms with Crippen LogP contribution in [0.1, 0.15) is 31.2 Å². The van der Waals surface area contributed by atoms with E-state index in [1.165, 1.54) is 12.8 Å². The molecule has 3 unspecified atom stereocenters. The van der Waals surface area contributed by atoms with Crippen LogP contribution >= 0.6 is 15.9 Å². The van der Waals surface area contributed by atoms with Gasteiger partial charge in [-0.15, -0.1) is 0 Å². The minimum absolute atomic E-state index is 0.0495. The molecule has 0 N–H and O–H groups in total. The van der Waals surface area contributed by atoms with E-state index in [0.717, 1.165) is 30.6 Å². The third-order valence-corrected chi connectivity index (χ3v) is 5.79. The highest BCUT2D eigenvalue weighted by molar-refractivity contribution is 9.09. The molecule has 3 nitrogen and oxygen atoms in total. The van der Waals surface area contributed by atoms with Gasteiger partial charge in [-0.2, -0.15) is 0 Å². The average Bonchev–Trinajstić information content (AvgIpc) is 2.53. The van der Waals surface area contributed by atoms with Gasteiger partial charge in [0.2, 0.25) is 5.91 Å². The number of para-hydroxylation sites is 1. The van der Waals surface area contributed by atoms with Crippen LogP contribution in [-0.2, 0) is 11.2 Å². The van der Waals surface area contributed by atoms with Gasteiger partial charge in [0.15, 0.2) is 0 Å². The number of hydrogen-bond donors (Lipinski definition) is 0. The smallest absolute Gasteiger partial charge is 0.229 e. The average molecular weight is 352 g/mol. The summed E-state index contributed by atoms with van der Waals surface area (Å²) in [5.74, 6) is 1.10. The van der Waals surface area contributed by atoms with Crippen molar-refractivity contribution < 1.29 is 9.53 Å². The number of carbonyl (C=O) groups excluding carboxylic acids is 1. The molecule has 3 rings (SSSR count). The van der Waals surface area contributed by atoms with E-state index in [2.05, 4.69) is 22.0 Å². The van der Waals surface area contributed by atoms with Crippen LogP contribution in [0.4, 0.5) is 0 Å². The zero-order valence-corrected chi connectivity index (χ0v) is 14.0. The van der Waals surface area contributed by atoms with Gasteiger partial charge in [0, 0.05) is 17.9 Å². The Hall–Kier alpha value is -1.03. The molecule has 1 aliphatic carbocycles. The van der Waals surface area contributed by atoms with Crippen LogP contribution in [0, 0.1) is 5.92 Å². The van der Waals surface area contributed by atoms with E-state index in [9.17, 15) is 4.79 Å². The molecule has 21 heavy (non-hydrogen) atoms. The number of hydrogen-bond acceptors (Lipinski definition) is 2. The molecular formula is C17H22BrNO2. The minimum Gasteiger partial charge on any atom is -0.492 e. The maximum Gasteiger partial charge on any atom is 0.229 e. The molecule has 0 bridgehead atoms. The van der Waals surface area contributed by atoms with Gasteiger partial charge in [-0.25, -0.2) is 0 Å². The number of fused-ring (bicyclic) bond motifs is 1. The first-order valence-corrected chi connectivity index (χ1v) is 8.70. The van der Waals surface area contributed by atoms with Gasteiger partial charge in [0.1, 0.15) is 12.4 Å². The van der Waals surface area contributed by atoms with Gasteiger partial charge >= 0.3 is 0 Å². The maximum absolute atomic E-state index is 12.8. The second kappa shape index (κ2) is 6.39. The Balaban J connectivity index is 1.68. The van der Waals surface area contributed by atoms with Gasteiger partial charge in [-0.1, -0.05) is 47.0 Å². The molecule has 1 fully saturated rings. The predicted molar refractivity (Wildman–Crippen MR) is 86.9 cm³/mol. The quantitative estimate of drug-likeness (QED) is 0.764. The van der Waals surface area contributed by atoms with E-state index in [4.69, 9.17) is 4.74 Å². The zero-order chi connectivity index (χ0) is 14.8. The lowest BCUT2D eigenvalue weighted by Crippen LogP contribution is -2.48. The van der Waals surface area contributed by atoms with Crippen molar-refractivity contribution in [3.05, 3.63) is 29.8 Å². The number of alkyl halides is 1. The monoisotopic (exact) mass is 351 g/mol. The number of benzene rings is 1. The summed E-state index contributed by atoms with van der Waals surface area (Å²) in [6, 6.07) is 8.35. The van der Waals surface area contributed by atoms with Crippen LogP contribution < -0.4 is 4.74 Å². The molecule has 1 aromatic carbocycles. The van der Waals surface area contributed by atoms with Crippen LogP contribution in [0.15, 0.2) is 24.3 Å². The third-order valence-electron chi connectivity index (χ3n) is 4.72. The lowest BCUT2D eigenvalue weighted by Gasteiger charge is -2.37. The SMILES string of the molecule is CN(C(=O)C1COc2ccccc2C1)C1CCCCC1Br. The largest absolute Gasteiger partial charge is 0.492 e. The molecule has 1 aliphatic heterocycles. The van der Waals surface area contributed by atoms with Crippen LogP contribution in [0.3, 0.4) is 0 Å². The van der Waals surface area contributed by atoms with Gasteiger partial charge in [0.25, 0.3) is 0 Å². The van der Waals surface area contributed by atoms with Crippen LogP contribution in [0.25, 0.3) is 0 Å². The summed E-state index contributed by atoms with van der Waals surface area (Å²) in [5, 5.41) is 0. The summed E-state index contributed by atoms with van der Waals surface area (Å²) in [6.45, 7) is 0.500. The summed E-state index contributed by atoms with van der Waals surface area (Å²) >= 11 is 3.75. The van der Waals surface area contributed by atoms with Crippen molar-refractivity contribution in [2.75, 3.05) is 13.7 Å². The molecule has 1 saturated carbocycles. The van der Waals surface area contributed by atoms with E-state index < -0.39 is 0 Å². The van der Waals surface area contributed by atoms with E-state index in [-0.39, 0.29) is 11.8 Å². The summed E-state index contributed by atoms with van der Waals surface area (Å²) in [6.07, 6.45) is 5.52. The number of ether oxygens (including phenoxy) is 1. The second-order valence-corrected chi connectivity index (χ2v) is 7.31. The van der Waals surface area contributed by atoms with Gasteiger partial charge < -0.3 is 9.64 Å². The fourth-order valence-electron chi connectivity index (χ4n) is 3.44. The van der Waals surface area contributed by atoms with Crippen molar-refractivity contribution in [1.82, 2.24) is 4.90 Å². The molecule has 0 spiro atoms. The topological polar surface area (TPSA) is 29.5 Å². The Bertz CT molecular complexity index is 519. The summed E-state index contributed by atoms with van der Waals surface area (Å²) in [4.78, 5) is 15.2. The molecule has 3 atom stereocenters. The molecule has 0 radical (unpaired) electrons. The Labute approximate surface area is 134 Å². The Morgan fingerprint density at radius 2 is 2.05 bits per heavy atom. The number of amides is 1. The molecule has 0 aromatic heterocycles. The molecule has 1 heterocycles. The van der Waals surface area contributed by atoms with Crippen LogP contribution in [0.5, 0.6) is 5.75 Å². The summed E-state index contributed by atoms with van der Waals surface area (Å²) < 4.78 is 5.76. The van der Waals surface area contributed by atoms with Crippen molar-refractivity contribution in [2.24, 2.45) is 5.92 Å². The van der Waals surface area contributed by atoms with E-state index in [1.807, 2.05) is 30.1 Å². The van der Waals surface area contributed by atoms with E-state index in [1.54, 1.807) is 0 Å². The first kappa shape index (κ1) is 14.9. The lowest BCUT2D eigenvalue weighted by atomic mass is 9.91. The van der Waals surface area contributed by atoms with Gasteiger partial charge in [-0.3, -0.25) is 4.79 Å². The predicted octanol–water partition coefficient (Wildman–Crippen LogP) is 3.40. The fourth-order valence-corrected chi connectivity index (χ4v) is 4.38. The second-order valence-electron chi connectivity index (χ2n) is 6.14. The zero-order valence-electron chi connectivity index (χ0n) is 12.4. The first-order chi connectivity index (χ1) is 10.2. The highest BCUT2D eigenvalue weighted by Gasteiger charge is 2.34. The molecule has 114 valence electrons. The molecule has 4 heteroatoms. The van der Waals surface area contributed by atoms with Crippen molar-refractivity contribution >= 4 is 21.8 Å². The Morgan fingerprint density at radius 3 is 2.86 bits per heavy atom. The normalized spacial score (nSPS) is 28.4.